The Kier molecular flexibility index (Phi) is 5.75. The van der Waals surface area contributed by atoms with E-state index in [4.69, 9.17) is 5.11 Å². The van der Waals surface area contributed by atoms with Crippen LogP contribution in [0.15, 0.2) is 30.3 Å². The molecule has 5 heteroatoms. The van der Waals surface area contributed by atoms with Gasteiger partial charge in [0, 0.05) is 0 Å². The lowest BCUT2D eigenvalue weighted by molar-refractivity contribution is -0.138. The molecule has 0 spiro atoms. The van der Waals surface area contributed by atoms with Gasteiger partial charge in [0.05, 0.1) is 6.54 Å². The molecule has 1 aliphatic heterocycles. The van der Waals surface area contributed by atoms with Gasteiger partial charge in [0.1, 0.15) is 6.54 Å². The average Bonchev–Trinajstić information content (AvgIpc) is 2.72. The van der Waals surface area contributed by atoms with E-state index in [1.807, 2.05) is 6.07 Å². The Hall–Kier alpha value is -1.88. The molecule has 0 aromatic heterocycles. The van der Waals surface area contributed by atoms with Gasteiger partial charge in [0.25, 0.3) is 0 Å². The molecule has 1 aromatic carbocycles. The van der Waals surface area contributed by atoms with Gasteiger partial charge in [-0.3, -0.25) is 14.5 Å². The predicted octanol–water partition coefficient (Wildman–Crippen LogP) is 1.46. The van der Waals surface area contributed by atoms with Gasteiger partial charge in [0.2, 0.25) is 5.91 Å². The summed E-state index contributed by atoms with van der Waals surface area (Å²) in [7, 11) is 0. The molecule has 1 fully saturated rings. The highest BCUT2D eigenvalue weighted by molar-refractivity contribution is 5.82. The van der Waals surface area contributed by atoms with Gasteiger partial charge >= 0.3 is 5.97 Å². The van der Waals surface area contributed by atoms with Crippen molar-refractivity contribution < 1.29 is 14.7 Å². The lowest BCUT2D eigenvalue weighted by atomic mass is 9.92. The molecule has 0 unspecified atom stereocenters. The van der Waals surface area contributed by atoms with Gasteiger partial charge in [-0.25, -0.2) is 0 Å². The van der Waals surface area contributed by atoms with Crippen molar-refractivity contribution in [3.05, 3.63) is 35.9 Å². The minimum absolute atomic E-state index is 0.212. The van der Waals surface area contributed by atoms with Crippen LogP contribution in [-0.4, -0.2) is 48.1 Å². The maximum Gasteiger partial charge on any atom is 0.322 e. The first kappa shape index (κ1) is 15.5. The molecule has 0 aliphatic carbocycles. The van der Waals surface area contributed by atoms with Gasteiger partial charge in [-0.1, -0.05) is 30.3 Å². The van der Waals surface area contributed by atoms with Gasteiger partial charge in [-0.05, 0) is 43.8 Å². The largest absolute Gasteiger partial charge is 0.480 e. The van der Waals surface area contributed by atoms with E-state index in [1.165, 1.54) is 5.56 Å². The summed E-state index contributed by atoms with van der Waals surface area (Å²) < 4.78 is 0. The third-order valence-corrected chi connectivity index (χ3v) is 3.90. The number of carboxylic acids is 1. The number of likely N-dealkylation sites (tertiary alicyclic amines) is 1. The van der Waals surface area contributed by atoms with Crippen LogP contribution in [0.5, 0.6) is 0 Å². The summed E-state index contributed by atoms with van der Waals surface area (Å²) in [5.74, 6) is -0.669. The van der Waals surface area contributed by atoms with Crippen molar-refractivity contribution in [1.29, 1.82) is 0 Å². The smallest absolute Gasteiger partial charge is 0.322 e. The Bertz CT molecular complexity index is 476. The summed E-state index contributed by atoms with van der Waals surface area (Å²) in [6.45, 7) is 1.75. The number of benzene rings is 1. The zero-order valence-corrected chi connectivity index (χ0v) is 12.1. The standard InChI is InChI=1S/C16H22N2O3/c19-15(17-11-16(20)21)12-18-9-4-7-14(8-10-18)13-5-2-1-3-6-13/h1-3,5-6,14H,4,7-12H2,(H,17,19)(H,20,21)/t14-/m1/s1. The number of carboxylic acid groups (broad SMARTS) is 1. The molecule has 0 radical (unpaired) electrons. The lowest BCUT2D eigenvalue weighted by Gasteiger charge is -2.19. The van der Waals surface area contributed by atoms with Gasteiger partial charge in [-0.15, -0.1) is 0 Å². The number of hydrogen-bond donors (Lipinski definition) is 2. The van der Waals surface area contributed by atoms with Crippen LogP contribution >= 0.6 is 0 Å². The fraction of sp³-hybridized carbons (Fsp3) is 0.500. The maximum absolute atomic E-state index is 11.7. The van der Waals surface area contributed by atoms with Crippen molar-refractivity contribution in [1.82, 2.24) is 10.2 Å². The van der Waals surface area contributed by atoms with Crippen LogP contribution in [0.4, 0.5) is 0 Å². The Morgan fingerprint density at radius 3 is 2.67 bits per heavy atom. The van der Waals surface area contributed by atoms with Crippen LogP contribution in [0.2, 0.25) is 0 Å². The van der Waals surface area contributed by atoms with Crippen LogP contribution in [0.25, 0.3) is 0 Å². The zero-order chi connectivity index (χ0) is 15.1. The van der Waals surface area contributed by atoms with Crippen LogP contribution < -0.4 is 5.32 Å². The first-order valence-electron chi connectivity index (χ1n) is 7.41. The van der Waals surface area contributed by atoms with Gasteiger partial charge in [0.15, 0.2) is 0 Å². The predicted molar refractivity (Wildman–Crippen MR) is 80.1 cm³/mol. The summed E-state index contributed by atoms with van der Waals surface area (Å²) in [4.78, 5) is 24.2. The van der Waals surface area contributed by atoms with Crippen molar-refractivity contribution in [2.75, 3.05) is 26.2 Å². The molecule has 0 saturated carbocycles. The highest BCUT2D eigenvalue weighted by Gasteiger charge is 2.19. The Morgan fingerprint density at radius 1 is 1.19 bits per heavy atom. The number of rotatable bonds is 5. The van der Waals surface area contributed by atoms with Crippen molar-refractivity contribution in [2.45, 2.75) is 25.2 Å². The van der Waals surface area contributed by atoms with Crippen molar-refractivity contribution in [3.8, 4) is 0 Å². The fourth-order valence-electron chi connectivity index (χ4n) is 2.81. The Labute approximate surface area is 125 Å². The molecule has 1 aliphatic rings. The number of aliphatic carboxylic acids is 1. The molecule has 1 atom stereocenters. The van der Waals surface area contributed by atoms with Crippen LogP contribution in [0, 0.1) is 0 Å². The molecule has 1 aromatic rings. The molecular weight excluding hydrogens is 268 g/mol. The van der Waals surface area contributed by atoms with E-state index in [9.17, 15) is 9.59 Å². The number of nitrogens with zero attached hydrogens (tertiary/aromatic N) is 1. The zero-order valence-electron chi connectivity index (χ0n) is 12.1. The van der Waals surface area contributed by atoms with Crippen molar-refractivity contribution in [2.24, 2.45) is 0 Å². The molecule has 2 N–H and O–H groups in total. The molecule has 114 valence electrons. The SMILES string of the molecule is O=C(O)CNC(=O)CN1CCC[C@@H](c2ccccc2)CC1. The molecule has 5 nitrogen and oxygen atoms in total. The summed E-state index contributed by atoms with van der Waals surface area (Å²) in [5.41, 5.74) is 1.37. The van der Waals surface area contributed by atoms with Crippen LogP contribution in [-0.2, 0) is 9.59 Å². The highest BCUT2D eigenvalue weighted by Crippen LogP contribution is 2.27. The second-order valence-electron chi connectivity index (χ2n) is 5.49. The average molecular weight is 290 g/mol. The molecule has 1 saturated heterocycles. The molecule has 0 bridgehead atoms. The van der Waals surface area contributed by atoms with E-state index in [0.717, 1.165) is 32.4 Å². The van der Waals surface area contributed by atoms with Crippen LogP contribution in [0.1, 0.15) is 30.7 Å². The third kappa shape index (κ3) is 5.19. The van der Waals surface area contributed by atoms with Crippen LogP contribution in [0.3, 0.4) is 0 Å². The fourth-order valence-corrected chi connectivity index (χ4v) is 2.81. The summed E-state index contributed by atoms with van der Waals surface area (Å²) in [5, 5.41) is 11.0. The first-order chi connectivity index (χ1) is 10.1. The number of carbonyl (C=O) groups is 2. The second-order valence-corrected chi connectivity index (χ2v) is 5.49. The lowest BCUT2D eigenvalue weighted by Crippen LogP contribution is -2.39. The maximum atomic E-state index is 11.7. The Morgan fingerprint density at radius 2 is 1.95 bits per heavy atom. The molecule has 2 rings (SSSR count). The molecule has 1 heterocycles. The van der Waals surface area contributed by atoms with Gasteiger partial charge < -0.3 is 10.4 Å². The van der Waals surface area contributed by atoms with E-state index in [1.54, 1.807) is 0 Å². The van der Waals surface area contributed by atoms with E-state index >= 15 is 0 Å². The van der Waals surface area contributed by atoms with Gasteiger partial charge in [-0.2, -0.15) is 0 Å². The molecule has 21 heavy (non-hydrogen) atoms. The number of nitrogens with one attached hydrogen (secondary N) is 1. The van der Waals surface area contributed by atoms with E-state index in [0.29, 0.717) is 5.92 Å². The second kappa shape index (κ2) is 7.78. The normalized spacial score (nSPS) is 19.7. The van der Waals surface area contributed by atoms with Crippen molar-refractivity contribution in [3.63, 3.8) is 0 Å². The highest BCUT2D eigenvalue weighted by atomic mass is 16.4. The van der Waals surface area contributed by atoms with E-state index < -0.39 is 5.97 Å². The minimum atomic E-state index is -1.01. The number of hydrogen-bond acceptors (Lipinski definition) is 3. The van der Waals surface area contributed by atoms with Crippen molar-refractivity contribution >= 4 is 11.9 Å². The summed E-state index contributed by atoms with van der Waals surface area (Å²) >= 11 is 0. The quantitative estimate of drug-likeness (QED) is 0.861. The molecule has 1 amide bonds. The topological polar surface area (TPSA) is 69.6 Å². The summed E-state index contributed by atoms with van der Waals surface area (Å²) in [6, 6.07) is 10.5. The van der Waals surface area contributed by atoms with E-state index in [-0.39, 0.29) is 19.0 Å². The monoisotopic (exact) mass is 290 g/mol. The summed E-state index contributed by atoms with van der Waals surface area (Å²) in [6.07, 6.45) is 3.24. The molecular formula is C16H22N2O3. The number of amides is 1. The van der Waals surface area contributed by atoms with E-state index in [2.05, 4.69) is 34.5 Å². The third-order valence-electron chi connectivity index (χ3n) is 3.90. The first-order valence-corrected chi connectivity index (χ1v) is 7.41. The number of carbonyl (C=O) groups excluding carboxylic acids is 1. The Balaban J connectivity index is 1.81. The minimum Gasteiger partial charge on any atom is -0.480 e.